The highest BCUT2D eigenvalue weighted by Crippen LogP contribution is 2.24. The van der Waals surface area contributed by atoms with Crippen molar-refractivity contribution in [2.24, 2.45) is 0 Å². The number of rotatable bonds is 6. The van der Waals surface area contributed by atoms with Gasteiger partial charge in [-0.25, -0.2) is 18.2 Å². The van der Waals surface area contributed by atoms with Crippen LogP contribution < -0.4 is 4.90 Å². The first kappa shape index (κ1) is 17.5. The molecule has 0 saturated carbocycles. The highest BCUT2D eigenvalue weighted by Gasteiger charge is 2.28. The number of amides is 2. The number of hydrogen-bond donors (Lipinski definition) is 1. The number of aromatic nitrogens is 2. The SMILES string of the molecule is CCCCS(=O)(=O)c1nc(CC)[nH]c1N(C)C(=O)N(C)C. The van der Waals surface area contributed by atoms with E-state index in [2.05, 4.69) is 9.97 Å². The summed E-state index contributed by atoms with van der Waals surface area (Å²) in [6.45, 7) is 3.80. The van der Waals surface area contributed by atoms with Crippen molar-refractivity contribution >= 4 is 21.7 Å². The molecule has 120 valence electrons. The molecule has 0 spiro atoms. The number of sulfone groups is 1. The summed E-state index contributed by atoms with van der Waals surface area (Å²) >= 11 is 0. The van der Waals surface area contributed by atoms with Gasteiger partial charge in [-0.1, -0.05) is 20.3 Å². The first-order chi connectivity index (χ1) is 9.74. The molecule has 0 fully saturated rings. The standard InChI is InChI=1S/C13H24N4O3S/c1-6-8-9-21(19,20)12-11(14-10(7-2)15-12)17(5)13(18)16(3)4/h6-9H2,1-5H3,(H,14,15). The van der Waals surface area contributed by atoms with Crippen molar-refractivity contribution in [3.63, 3.8) is 0 Å². The fourth-order valence-corrected chi connectivity index (χ4v) is 3.43. The lowest BCUT2D eigenvalue weighted by molar-refractivity contribution is 0.225. The number of aryl methyl sites for hydroxylation is 1. The van der Waals surface area contributed by atoms with Gasteiger partial charge >= 0.3 is 6.03 Å². The maximum atomic E-state index is 12.4. The van der Waals surface area contributed by atoms with Gasteiger partial charge in [0.25, 0.3) is 0 Å². The second kappa shape index (κ2) is 6.93. The molecular weight excluding hydrogens is 292 g/mol. The number of aromatic amines is 1. The molecule has 1 N–H and O–H groups in total. The van der Waals surface area contributed by atoms with Crippen LogP contribution in [0.5, 0.6) is 0 Å². The number of imidazole rings is 1. The summed E-state index contributed by atoms with van der Waals surface area (Å²) < 4.78 is 24.8. The van der Waals surface area contributed by atoms with Crippen LogP contribution in [-0.2, 0) is 16.3 Å². The van der Waals surface area contributed by atoms with Crippen molar-refractivity contribution in [2.75, 3.05) is 31.8 Å². The predicted molar refractivity (Wildman–Crippen MR) is 82.4 cm³/mol. The van der Waals surface area contributed by atoms with E-state index in [-0.39, 0.29) is 22.6 Å². The fourth-order valence-electron chi connectivity index (χ4n) is 1.83. The normalized spacial score (nSPS) is 11.5. The molecule has 0 saturated heterocycles. The van der Waals surface area contributed by atoms with Crippen LogP contribution in [-0.4, -0.2) is 56.2 Å². The van der Waals surface area contributed by atoms with E-state index in [1.807, 2.05) is 13.8 Å². The van der Waals surface area contributed by atoms with E-state index in [4.69, 9.17) is 0 Å². The monoisotopic (exact) mass is 316 g/mol. The molecule has 1 aromatic rings. The molecule has 0 aromatic carbocycles. The summed E-state index contributed by atoms with van der Waals surface area (Å²) in [5.41, 5.74) is 0. The molecule has 0 unspecified atom stereocenters. The third-order valence-electron chi connectivity index (χ3n) is 3.10. The molecule has 2 amide bonds. The van der Waals surface area contributed by atoms with Crippen molar-refractivity contribution in [1.29, 1.82) is 0 Å². The van der Waals surface area contributed by atoms with Crippen molar-refractivity contribution < 1.29 is 13.2 Å². The number of nitrogens with zero attached hydrogens (tertiary/aromatic N) is 3. The molecule has 7 nitrogen and oxygen atoms in total. The average Bonchev–Trinajstić information content (AvgIpc) is 2.88. The van der Waals surface area contributed by atoms with Gasteiger partial charge in [0, 0.05) is 27.6 Å². The van der Waals surface area contributed by atoms with Crippen LogP contribution in [0.15, 0.2) is 5.03 Å². The Labute approximate surface area is 126 Å². The summed E-state index contributed by atoms with van der Waals surface area (Å²) in [6.07, 6.45) is 1.92. The van der Waals surface area contributed by atoms with E-state index in [1.165, 1.54) is 16.8 Å². The lowest BCUT2D eigenvalue weighted by Gasteiger charge is -2.21. The maximum Gasteiger partial charge on any atom is 0.324 e. The second-order valence-corrected chi connectivity index (χ2v) is 7.12. The van der Waals surface area contributed by atoms with Crippen molar-refractivity contribution in [3.8, 4) is 0 Å². The molecule has 0 aliphatic heterocycles. The number of urea groups is 1. The number of nitrogens with one attached hydrogen (secondary N) is 1. The number of carbonyl (C=O) groups excluding carboxylic acids is 1. The lowest BCUT2D eigenvalue weighted by Crippen LogP contribution is -2.37. The van der Waals surface area contributed by atoms with E-state index >= 15 is 0 Å². The van der Waals surface area contributed by atoms with E-state index in [0.717, 1.165) is 6.42 Å². The first-order valence-corrected chi connectivity index (χ1v) is 8.66. The quantitative estimate of drug-likeness (QED) is 0.865. The molecular formula is C13H24N4O3S. The summed E-state index contributed by atoms with van der Waals surface area (Å²) in [7, 11) is 1.26. The summed E-state index contributed by atoms with van der Waals surface area (Å²) in [4.78, 5) is 21.8. The molecule has 1 rings (SSSR count). The smallest absolute Gasteiger partial charge is 0.324 e. The minimum absolute atomic E-state index is 0.0362. The zero-order valence-electron chi connectivity index (χ0n) is 13.3. The molecule has 0 radical (unpaired) electrons. The third-order valence-corrected chi connectivity index (χ3v) is 4.80. The van der Waals surface area contributed by atoms with Gasteiger partial charge in [0.2, 0.25) is 0 Å². The Morgan fingerprint density at radius 3 is 2.33 bits per heavy atom. The Balaban J connectivity index is 3.27. The van der Waals surface area contributed by atoms with Crippen LogP contribution >= 0.6 is 0 Å². The Hall–Kier alpha value is -1.57. The predicted octanol–water partition coefficient (Wildman–Crippen LogP) is 1.66. The van der Waals surface area contributed by atoms with Gasteiger partial charge in [-0.2, -0.15) is 0 Å². The van der Waals surface area contributed by atoms with Gasteiger partial charge in [0.1, 0.15) is 5.82 Å². The number of carbonyl (C=O) groups is 1. The average molecular weight is 316 g/mol. The molecule has 0 bridgehead atoms. The Morgan fingerprint density at radius 1 is 1.24 bits per heavy atom. The molecule has 21 heavy (non-hydrogen) atoms. The van der Waals surface area contributed by atoms with Crippen LogP contribution in [0.2, 0.25) is 0 Å². The van der Waals surface area contributed by atoms with Gasteiger partial charge in [-0.15, -0.1) is 0 Å². The van der Waals surface area contributed by atoms with E-state index in [9.17, 15) is 13.2 Å². The van der Waals surface area contributed by atoms with Crippen LogP contribution in [0.1, 0.15) is 32.5 Å². The third kappa shape index (κ3) is 3.96. The molecule has 1 aromatic heterocycles. The summed E-state index contributed by atoms with van der Waals surface area (Å²) in [6, 6.07) is -0.312. The highest BCUT2D eigenvalue weighted by atomic mass is 32.2. The van der Waals surface area contributed by atoms with Crippen LogP contribution in [0.4, 0.5) is 10.6 Å². The first-order valence-electron chi connectivity index (χ1n) is 7.01. The fraction of sp³-hybridized carbons (Fsp3) is 0.692. The second-order valence-electron chi connectivity index (χ2n) is 5.10. The Morgan fingerprint density at radius 2 is 1.86 bits per heavy atom. The van der Waals surface area contributed by atoms with Gasteiger partial charge < -0.3 is 9.88 Å². The molecule has 0 atom stereocenters. The number of hydrogen-bond acceptors (Lipinski definition) is 4. The van der Waals surface area contributed by atoms with E-state index in [1.54, 1.807) is 14.1 Å². The van der Waals surface area contributed by atoms with Gasteiger partial charge in [0.15, 0.2) is 20.7 Å². The number of unbranched alkanes of at least 4 members (excludes halogenated alkanes) is 1. The molecule has 0 aliphatic carbocycles. The van der Waals surface area contributed by atoms with Crippen molar-refractivity contribution in [2.45, 2.75) is 38.1 Å². The minimum atomic E-state index is -3.50. The Kier molecular flexibility index (Phi) is 5.77. The summed E-state index contributed by atoms with van der Waals surface area (Å²) in [5.74, 6) is 0.828. The molecule has 0 aliphatic rings. The number of anilines is 1. The van der Waals surface area contributed by atoms with Gasteiger partial charge in [-0.05, 0) is 6.42 Å². The van der Waals surface area contributed by atoms with Gasteiger partial charge in [0.05, 0.1) is 5.75 Å². The maximum absolute atomic E-state index is 12.4. The van der Waals surface area contributed by atoms with Crippen molar-refractivity contribution in [3.05, 3.63) is 5.82 Å². The highest BCUT2D eigenvalue weighted by molar-refractivity contribution is 7.91. The Bertz CT molecular complexity index is 593. The molecule has 8 heteroatoms. The van der Waals surface area contributed by atoms with Crippen LogP contribution in [0.3, 0.4) is 0 Å². The zero-order valence-corrected chi connectivity index (χ0v) is 14.1. The lowest BCUT2D eigenvalue weighted by atomic mass is 10.4. The van der Waals surface area contributed by atoms with Crippen LogP contribution in [0, 0.1) is 0 Å². The van der Waals surface area contributed by atoms with E-state index < -0.39 is 9.84 Å². The van der Waals surface area contributed by atoms with Crippen LogP contribution in [0.25, 0.3) is 0 Å². The minimum Gasteiger partial charge on any atom is -0.330 e. The topological polar surface area (TPSA) is 86.4 Å². The largest absolute Gasteiger partial charge is 0.330 e. The van der Waals surface area contributed by atoms with E-state index in [0.29, 0.717) is 18.7 Å². The van der Waals surface area contributed by atoms with Gasteiger partial charge in [-0.3, -0.25) is 4.90 Å². The summed E-state index contributed by atoms with van der Waals surface area (Å²) in [5, 5.41) is -0.0366. The van der Waals surface area contributed by atoms with Crippen molar-refractivity contribution in [1.82, 2.24) is 14.9 Å². The molecule has 1 heterocycles. The number of H-pyrrole nitrogens is 1. The zero-order chi connectivity index (χ0) is 16.2.